The number of methoxy groups -OCH3 is 1. The number of aromatic nitrogens is 3. The molecule has 0 aliphatic carbocycles. The second-order valence-corrected chi connectivity index (χ2v) is 8.66. The van der Waals surface area contributed by atoms with Crippen LogP contribution in [0, 0.1) is 0 Å². The van der Waals surface area contributed by atoms with Gasteiger partial charge in [-0.3, -0.25) is 4.79 Å². The number of hydrogen-bond acceptors (Lipinski definition) is 5. The fraction of sp³-hybridized carbons (Fsp3) is 0.227. The highest BCUT2D eigenvalue weighted by molar-refractivity contribution is 7.15. The molecule has 0 unspecified atom stereocenters. The molecule has 0 aliphatic heterocycles. The first-order valence-corrected chi connectivity index (χ1v) is 9.83. The molecule has 0 N–H and O–H groups in total. The summed E-state index contributed by atoms with van der Waals surface area (Å²) in [6, 6.07) is 15.8. The fourth-order valence-corrected chi connectivity index (χ4v) is 3.87. The van der Waals surface area contributed by atoms with E-state index in [2.05, 4.69) is 43.0 Å². The molecule has 4 aromatic rings. The summed E-state index contributed by atoms with van der Waals surface area (Å²) in [5, 5.41) is 4.43. The molecular weight excluding hydrogens is 370 g/mol. The third-order valence-corrected chi connectivity index (χ3v) is 5.54. The first kappa shape index (κ1) is 18.4. The van der Waals surface area contributed by atoms with Gasteiger partial charge in [0.2, 0.25) is 4.96 Å². The van der Waals surface area contributed by atoms with Gasteiger partial charge in [0.25, 0.3) is 5.56 Å². The highest BCUT2D eigenvalue weighted by Gasteiger charge is 2.15. The molecule has 6 heteroatoms. The largest absolute Gasteiger partial charge is 0.497 e. The number of rotatable bonds is 3. The summed E-state index contributed by atoms with van der Waals surface area (Å²) >= 11 is 1.34. The van der Waals surface area contributed by atoms with E-state index < -0.39 is 0 Å². The predicted molar refractivity (Wildman–Crippen MR) is 113 cm³/mol. The summed E-state index contributed by atoms with van der Waals surface area (Å²) < 4.78 is 7.21. The van der Waals surface area contributed by atoms with Crippen LogP contribution in [0.2, 0.25) is 0 Å². The van der Waals surface area contributed by atoms with Gasteiger partial charge in [-0.15, -0.1) is 5.10 Å². The quantitative estimate of drug-likeness (QED) is 0.535. The van der Waals surface area contributed by atoms with Crippen molar-refractivity contribution in [3.05, 3.63) is 74.5 Å². The standard InChI is InChI=1S/C22H21N3O2S/c1-22(2,3)16-10-8-15(9-11-16)19-23-21-25(24-19)20(26)18(28-21)13-14-6-5-7-17(12-14)27-4/h5-13H,1-4H3/b18-13-. The molecule has 5 nitrogen and oxygen atoms in total. The molecule has 2 aromatic carbocycles. The minimum Gasteiger partial charge on any atom is -0.497 e. The number of hydrogen-bond donors (Lipinski definition) is 0. The molecule has 0 saturated carbocycles. The average Bonchev–Trinajstić information content (AvgIpc) is 3.21. The van der Waals surface area contributed by atoms with Crippen molar-refractivity contribution in [2.75, 3.05) is 7.11 Å². The van der Waals surface area contributed by atoms with Crippen LogP contribution in [-0.4, -0.2) is 21.7 Å². The van der Waals surface area contributed by atoms with Gasteiger partial charge in [0, 0.05) is 5.56 Å². The first-order valence-electron chi connectivity index (χ1n) is 9.01. The van der Waals surface area contributed by atoms with Crippen molar-refractivity contribution >= 4 is 22.4 Å². The lowest BCUT2D eigenvalue weighted by Gasteiger charge is -2.18. The van der Waals surface area contributed by atoms with Crippen molar-refractivity contribution in [1.29, 1.82) is 0 Å². The van der Waals surface area contributed by atoms with E-state index in [1.54, 1.807) is 7.11 Å². The molecule has 0 radical (unpaired) electrons. The Balaban J connectivity index is 1.72. The van der Waals surface area contributed by atoms with Gasteiger partial charge in [-0.1, -0.05) is 68.5 Å². The van der Waals surface area contributed by atoms with Crippen molar-refractivity contribution < 1.29 is 4.74 Å². The lowest BCUT2D eigenvalue weighted by atomic mass is 9.87. The maximum Gasteiger partial charge on any atom is 0.291 e. The Hall–Kier alpha value is -2.99. The van der Waals surface area contributed by atoms with Crippen molar-refractivity contribution in [2.45, 2.75) is 26.2 Å². The van der Waals surface area contributed by atoms with Crippen LogP contribution < -0.4 is 14.8 Å². The smallest absolute Gasteiger partial charge is 0.291 e. The second kappa shape index (κ2) is 6.87. The molecule has 142 valence electrons. The molecule has 2 heterocycles. The van der Waals surface area contributed by atoms with Crippen LogP contribution in [-0.2, 0) is 5.41 Å². The highest BCUT2D eigenvalue weighted by atomic mass is 32.1. The van der Waals surface area contributed by atoms with E-state index in [4.69, 9.17) is 4.74 Å². The Morgan fingerprint density at radius 3 is 2.50 bits per heavy atom. The first-order chi connectivity index (χ1) is 13.3. The molecule has 0 amide bonds. The van der Waals surface area contributed by atoms with Gasteiger partial charge in [0.15, 0.2) is 5.82 Å². The second-order valence-electron chi connectivity index (χ2n) is 7.65. The van der Waals surface area contributed by atoms with Gasteiger partial charge in [0.1, 0.15) is 5.75 Å². The van der Waals surface area contributed by atoms with E-state index in [0.29, 0.717) is 15.3 Å². The maximum atomic E-state index is 12.7. The third kappa shape index (κ3) is 3.43. The molecule has 0 aliphatic rings. The van der Waals surface area contributed by atoms with Crippen molar-refractivity contribution in [3.63, 3.8) is 0 Å². The Labute approximate surface area is 166 Å². The Morgan fingerprint density at radius 1 is 1.11 bits per heavy atom. The number of benzene rings is 2. The van der Waals surface area contributed by atoms with E-state index in [0.717, 1.165) is 16.9 Å². The molecule has 2 aromatic heterocycles. The Bertz CT molecular complexity index is 1250. The Morgan fingerprint density at radius 2 is 1.86 bits per heavy atom. The maximum absolute atomic E-state index is 12.7. The van der Waals surface area contributed by atoms with Gasteiger partial charge in [-0.05, 0) is 34.8 Å². The zero-order valence-corrected chi connectivity index (χ0v) is 17.1. The average molecular weight is 391 g/mol. The summed E-state index contributed by atoms with van der Waals surface area (Å²) in [5.41, 5.74) is 2.98. The summed E-state index contributed by atoms with van der Waals surface area (Å²) in [6.45, 7) is 6.53. The molecule has 0 bridgehead atoms. The van der Waals surface area contributed by atoms with Gasteiger partial charge in [0.05, 0.1) is 11.6 Å². The number of nitrogens with zero attached hydrogens (tertiary/aromatic N) is 3. The van der Waals surface area contributed by atoms with Crippen molar-refractivity contribution in [1.82, 2.24) is 14.6 Å². The highest BCUT2D eigenvalue weighted by Crippen LogP contribution is 2.25. The molecule has 0 fully saturated rings. The van der Waals surface area contributed by atoms with Crippen molar-refractivity contribution in [3.8, 4) is 17.1 Å². The zero-order valence-electron chi connectivity index (χ0n) is 16.3. The van der Waals surface area contributed by atoms with Gasteiger partial charge >= 0.3 is 0 Å². The summed E-state index contributed by atoms with van der Waals surface area (Å²) in [5.74, 6) is 1.32. The normalized spacial score (nSPS) is 12.6. The summed E-state index contributed by atoms with van der Waals surface area (Å²) in [7, 11) is 1.62. The van der Waals surface area contributed by atoms with E-state index in [1.165, 1.54) is 21.4 Å². The van der Waals surface area contributed by atoms with Crippen LogP contribution in [0.1, 0.15) is 31.9 Å². The zero-order chi connectivity index (χ0) is 19.9. The van der Waals surface area contributed by atoms with E-state index in [-0.39, 0.29) is 11.0 Å². The molecule has 4 rings (SSSR count). The SMILES string of the molecule is COc1cccc(/C=c2\sc3nc(-c4ccc(C(C)(C)C)cc4)nn3c2=O)c1. The molecule has 28 heavy (non-hydrogen) atoms. The van der Waals surface area contributed by atoms with Crippen LogP contribution >= 0.6 is 11.3 Å². The molecule has 0 saturated heterocycles. The lowest BCUT2D eigenvalue weighted by Crippen LogP contribution is -2.23. The summed E-state index contributed by atoms with van der Waals surface area (Å²) in [4.78, 5) is 17.9. The number of thiazole rings is 1. The number of fused-ring (bicyclic) bond motifs is 1. The minimum atomic E-state index is -0.159. The topological polar surface area (TPSA) is 56.5 Å². The molecular formula is C22H21N3O2S. The Kier molecular flexibility index (Phi) is 4.51. The van der Waals surface area contributed by atoms with Crippen LogP contribution in [0.25, 0.3) is 22.4 Å². The predicted octanol–water partition coefficient (Wildman–Crippen LogP) is 3.67. The summed E-state index contributed by atoms with van der Waals surface area (Å²) in [6.07, 6.45) is 1.84. The molecule has 0 spiro atoms. The monoisotopic (exact) mass is 391 g/mol. The van der Waals surface area contributed by atoms with Crippen LogP contribution in [0.15, 0.2) is 53.3 Å². The van der Waals surface area contributed by atoms with Gasteiger partial charge in [-0.25, -0.2) is 0 Å². The van der Waals surface area contributed by atoms with E-state index >= 15 is 0 Å². The van der Waals surface area contributed by atoms with Gasteiger partial charge < -0.3 is 4.74 Å². The van der Waals surface area contributed by atoms with Gasteiger partial charge in [-0.2, -0.15) is 9.50 Å². The third-order valence-electron chi connectivity index (χ3n) is 4.58. The lowest BCUT2D eigenvalue weighted by molar-refractivity contribution is 0.414. The van der Waals surface area contributed by atoms with Crippen LogP contribution in [0.4, 0.5) is 0 Å². The van der Waals surface area contributed by atoms with Crippen LogP contribution in [0.5, 0.6) is 5.75 Å². The van der Waals surface area contributed by atoms with E-state index in [9.17, 15) is 4.79 Å². The fourth-order valence-electron chi connectivity index (χ4n) is 2.96. The van der Waals surface area contributed by atoms with E-state index in [1.807, 2.05) is 42.5 Å². The van der Waals surface area contributed by atoms with Crippen LogP contribution in [0.3, 0.4) is 0 Å². The molecule has 0 atom stereocenters. The number of ether oxygens (including phenoxy) is 1. The van der Waals surface area contributed by atoms with Crippen molar-refractivity contribution in [2.24, 2.45) is 0 Å². The minimum absolute atomic E-state index is 0.0908.